The lowest BCUT2D eigenvalue weighted by atomic mass is 9.94. The van der Waals surface area contributed by atoms with Gasteiger partial charge in [0.15, 0.2) is 0 Å². The van der Waals surface area contributed by atoms with E-state index < -0.39 is 0 Å². The number of hydrogen-bond acceptors (Lipinski definition) is 2. The van der Waals surface area contributed by atoms with E-state index in [0.29, 0.717) is 11.1 Å². The third kappa shape index (κ3) is 2.62. The summed E-state index contributed by atoms with van der Waals surface area (Å²) in [5, 5.41) is 0. The van der Waals surface area contributed by atoms with Gasteiger partial charge in [0, 0.05) is 0 Å². The van der Waals surface area contributed by atoms with Crippen LogP contribution < -0.4 is 0 Å². The van der Waals surface area contributed by atoms with Crippen LogP contribution in [0.1, 0.15) is 37.4 Å². The van der Waals surface area contributed by atoms with Gasteiger partial charge in [-0.1, -0.05) is 54.6 Å². The summed E-state index contributed by atoms with van der Waals surface area (Å²) in [6, 6.07) is 21.3. The highest BCUT2D eigenvalue weighted by atomic mass is 16.2. The zero-order valence-corrected chi connectivity index (χ0v) is 14.8. The van der Waals surface area contributed by atoms with Crippen LogP contribution in [-0.2, 0) is 6.54 Å². The molecule has 1 aliphatic rings. The lowest BCUT2D eigenvalue weighted by Crippen LogP contribution is -2.29. The summed E-state index contributed by atoms with van der Waals surface area (Å²) >= 11 is 0. The van der Waals surface area contributed by atoms with Crippen molar-refractivity contribution in [2.75, 3.05) is 0 Å². The quantitative estimate of drug-likeness (QED) is 0.644. The van der Waals surface area contributed by atoms with Crippen molar-refractivity contribution in [2.45, 2.75) is 20.4 Å². The van der Waals surface area contributed by atoms with Crippen molar-refractivity contribution >= 4 is 11.8 Å². The van der Waals surface area contributed by atoms with E-state index in [-0.39, 0.29) is 18.4 Å². The molecule has 128 valence electrons. The zero-order chi connectivity index (χ0) is 18.3. The van der Waals surface area contributed by atoms with Crippen LogP contribution in [0.25, 0.3) is 11.1 Å². The van der Waals surface area contributed by atoms with E-state index >= 15 is 0 Å². The second kappa shape index (κ2) is 6.26. The Morgan fingerprint density at radius 1 is 0.692 bits per heavy atom. The summed E-state index contributed by atoms with van der Waals surface area (Å²) in [5.41, 5.74) is 6.44. The van der Waals surface area contributed by atoms with Gasteiger partial charge in [-0.25, -0.2) is 0 Å². The van der Waals surface area contributed by atoms with Crippen molar-refractivity contribution in [2.24, 2.45) is 0 Å². The van der Waals surface area contributed by atoms with Gasteiger partial charge in [0.1, 0.15) is 0 Å². The summed E-state index contributed by atoms with van der Waals surface area (Å²) in [4.78, 5) is 26.8. The molecule has 0 fully saturated rings. The first-order chi connectivity index (χ1) is 12.6. The molecular weight excluding hydrogens is 322 g/mol. The summed E-state index contributed by atoms with van der Waals surface area (Å²) < 4.78 is 0. The first-order valence-electron chi connectivity index (χ1n) is 8.67. The minimum absolute atomic E-state index is 0.220. The minimum atomic E-state index is -0.220. The average Bonchev–Trinajstić information content (AvgIpc) is 2.90. The molecule has 0 aromatic heterocycles. The number of rotatable bonds is 3. The van der Waals surface area contributed by atoms with Gasteiger partial charge in [0.25, 0.3) is 11.8 Å². The molecule has 0 spiro atoms. The number of nitrogens with zero attached hydrogens (tertiary/aromatic N) is 1. The summed E-state index contributed by atoms with van der Waals surface area (Å²) in [6.07, 6.45) is 0. The van der Waals surface area contributed by atoms with Crippen LogP contribution in [0.3, 0.4) is 0 Å². The average molecular weight is 341 g/mol. The fourth-order valence-electron chi connectivity index (χ4n) is 3.45. The predicted molar refractivity (Wildman–Crippen MR) is 102 cm³/mol. The molecule has 3 nitrogen and oxygen atoms in total. The number of imide groups is 1. The highest BCUT2D eigenvalue weighted by Gasteiger charge is 2.35. The molecule has 3 heteroatoms. The normalized spacial score (nSPS) is 13.2. The Morgan fingerprint density at radius 2 is 1.23 bits per heavy atom. The molecule has 0 aliphatic carbocycles. The molecule has 1 heterocycles. The van der Waals surface area contributed by atoms with E-state index in [2.05, 4.69) is 38.1 Å². The summed E-state index contributed by atoms with van der Waals surface area (Å²) in [5.74, 6) is -0.439. The van der Waals surface area contributed by atoms with Crippen LogP contribution in [0.4, 0.5) is 0 Å². The molecule has 2 amide bonds. The topological polar surface area (TPSA) is 37.4 Å². The fraction of sp³-hybridized carbons (Fsp3) is 0.130. The molecule has 3 aromatic carbocycles. The van der Waals surface area contributed by atoms with Gasteiger partial charge in [-0.2, -0.15) is 0 Å². The number of benzene rings is 3. The molecule has 0 unspecified atom stereocenters. The zero-order valence-electron chi connectivity index (χ0n) is 14.8. The van der Waals surface area contributed by atoms with E-state index in [9.17, 15) is 9.59 Å². The molecule has 26 heavy (non-hydrogen) atoms. The Hall–Kier alpha value is -3.20. The third-order valence-electron chi connectivity index (χ3n) is 5.01. The second-order valence-electron chi connectivity index (χ2n) is 6.70. The first kappa shape index (κ1) is 16.3. The van der Waals surface area contributed by atoms with E-state index in [1.165, 1.54) is 10.5 Å². The third-order valence-corrected chi connectivity index (χ3v) is 5.01. The number of aryl methyl sites for hydroxylation is 2. The molecular formula is C23H19NO2. The Kier molecular flexibility index (Phi) is 3.92. The summed E-state index contributed by atoms with van der Waals surface area (Å²) in [6.45, 7) is 4.40. The highest BCUT2D eigenvalue weighted by Crippen LogP contribution is 2.31. The Balaban J connectivity index is 1.77. The van der Waals surface area contributed by atoms with Crippen molar-refractivity contribution in [3.05, 3.63) is 94.5 Å². The maximum absolute atomic E-state index is 12.7. The van der Waals surface area contributed by atoms with Crippen LogP contribution in [-0.4, -0.2) is 16.7 Å². The molecule has 0 atom stereocenters. The van der Waals surface area contributed by atoms with Crippen molar-refractivity contribution in [3.8, 4) is 11.1 Å². The standard InChI is InChI=1S/C23H19NO2/c1-15-12-18(21(13-16(15)2)17-8-4-3-5-9-17)14-24-22(25)19-10-6-7-11-20(19)23(24)26/h3-13H,14H2,1-2H3. The molecule has 3 aromatic rings. The number of fused-ring (bicyclic) bond motifs is 1. The maximum Gasteiger partial charge on any atom is 0.261 e. The molecule has 0 saturated heterocycles. The fourth-order valence-corrected chi connectivity index (χ4v) is 3.45. The van der Waals surface area contributed by atoms with E-state index in [1.54, 1.807) is 24.3 Å². The predicted octanol–water partition coefficient (Wildman–Crippen LogP) is 4.77. The Bertz CT molecular complexity index is 987. The minimum Gasteiger partial charge on any atom is -0.270 e. The number of carbonyl (C=O) groups excluding carboxylic acids is 2. The van der Waals surface area contributed by atoms with Crippen LogP contribution in [0.5, 0.6) is 0 Å². The molecule has 0 N–H and O–H groups in total. The molecule has 0 radical (unpaired) electrons. The van der Waals surface area contributed by atoms with E-state index in [4.69, 9.17) is 0 Å². The van der Waals surface area contributed by atoms with Crippen LogP contribution in [0.15, 0.2) is 66.7 Å². The van der Waals surface area contributed by atoms with E-state index in [0.717, 1.165) is 22.3 Å². The lowest BCUT2D eigenvalue weighted by Gasteiger charge is -2.19. The SMILES string of the molecule is Cc1cc(CN2C(=O)c3ccccc3C2=O)c(-c2ccccc2)cc1C. The van der Waals surface area contributed by atoms with Crippen molar-refractivity contribution in [1.29, 1.82) is 0 Å². The van der Waals surface area contributed by atoms with Gasteiger partial charge in [-0.15, -0.1) is 0 Å². The number of carbonyl (C=O) groups is 2. The van der Waals surface area contributed by atoms with Crippen LogP contribution in [0.2, 0.25) is 0 Å². The summed E-state index contributed by atoms with van der Waals surface area (Å²) in [7, 11) is 0. The first-order valence-corrected chi connectivity index (χ1v) is 8.67. The maximum atomic E-state index is 12.7. The molecule has 0 bridgehead atoms. The molecule has 0 saturated carbocycles. The Morgan fingerprint density at radius 3 is 1.85 bits per heavy atom. The van der Waals surface area contributed by atoms with Crippen molar-refractivity contribution < 1.29 is 9.59 Å². The lowest BCUT2D eigenvalue weighted by molar-refractivity contribution is 0.0642. The van der Waals surface area contributed by atoms with Crippen molar-refractivity contribution in [1.82, 2.24) is 4.90 Å². The largest absolute Gasteiger partial charge is 0.270 e. The number of amides is 2. The van der Waals surface area contributed by atoms with Gasteiger partial charge in [0.2, 0.25) is 0 Å². The molecule has 4 rings (SSSR count). The van der Waals surface area contributed by atoms with Gasteiger partial charge >= 0.3 is 0 Å². The van der Waals surface area contributed by atoms with Gasteiger partial charge < -0.3 is 0 Å². The van der Waals surface area contributed by atoms with Crippen LogP contribution in [0, 0.1) is 13.8 Å². The van der Waals surface area contributed by atoms with Crippen molar-refractivity contribution in [3.63, 3.8) is 0 Å². The van der Waals surface area contributed by atoms with Crippen LogP contribution >= 0.6 is 0 Å². The van der Waals surface area contributed by atoms with Gasteiger partial charge in [0.05, 0.1) is 17.7 Å². The van der Waals surface area contributed by atoms with Gasteiger partial charge in [-0.3, -0.25) is 14.5 Å². The second-order valence-corrected chi connectivity index (χ2v) is 6.70. The highest BCUT2D eigenvalue weighted by molar-refractivity contribution is 6.21. The smallest absolute Gasteiger partial charge is 0.261 e. The molecule has 1 aliphatic heterocycles. The van der Waals surface area contributed by atoms with E-state index in [1.807, 2.05) is 18.2 Å². The number of hydrogen-bond donors (Lipinski definition) is 0. The monoisotopic (exact) mass is 341 g/mol. The van der Waals surface area contributed by atoms with Gasteiger partial charge in [-0.05, 0) is 53.8 Å². The Labute approximate surface area is 152 Å².